The molecular weight excluding hydrogens is 369 g/mol. The fourth-order valence-electron chi connectivity index (χ4n) is 2.06. The zero-order valence-electron chi connectivity index (χ0n) is 13.6. The minimum atomic E-state index is -3.75. The third kappa shape index (κ3) is 4.56. The molecule has 0 saturated carbocycles. The van der Waals surface area contributed by atoms with E-state index in [2.05, 4.69) is 4.72 Å². The number of aryl methyl sites for hydroxylation is 1. The first-order valence-electron chi connectivity index (χ1n) is 7.50. The Morgan fingerprint density at radius 2 is 1.71 bits per heavy atom. The van der Waals surface area contributed by atoms with Gasteiger partial charge in [0.05, 0.1) is 26.7 Å². The molecule has 0 aromatic heterocycles. The molecule has 0 radical (unpaired) electrons. The molecule has 0 heterocycles. The molecule has 0 atom stereocenters. The highest BCUT2D eigenvalue weighted by atomic mass is 35.5. The molecule has 4 nitrogen and oxygen atoms in total. The number of sulfonamides is 1. The summed E-state index contributed by atoms with van der Waals surface area (Å²) in [6.07, 6.45) is 0.738. The SMILES string of the molecule is CCc1ccc(S(=O)(=O)Nc2cc(OC(C)C)c(Cl)cc2Cl)cc1. The largest absolute Gasteiger partial charge is 0.489 e. The predicted octanol–water partition coefficient (Wildman–Crippen LogP) is 5.14. The van der Waals surface area contributed by atoms with E-state index in [4.69, 9.17) is 27.9 Å². The zero-order valence-corrected chi connectivity index (χ0v) is 16.0. The highest BCUT2D eigenvalue weighted by molar-refractivity contribution is 7.92. The summed E-state index contributed by atoms with van der Waals surface area (Å²) < 4.78 is 33.1. The Hall–Kier alpha value is -1.43. The lowest BCUT2D eigenvalue weighted by Crippen LogP contribution is -2.14. The molecule has 7 heteroatoms. The lowest BCUT2D eigenvalue weighted by molar-refractivity contribution is 0.243. The van der Waals surface area contributed by atoms with Crippen molar-refractivity contribution in [3.05, 3.63) is 52.0 Å². The van der Waals surface area contributed by atoms with Crippen LogP contribution in [0.25, 0.3) is 0 Å². The van der Waals surface area contributed by atoms with Crippen molar-refractivity contribution in [1.82, 2.24) is 0 Å². The molecule has 2 aromatic rings. The second-order valence-corrected chi connectivity index (χ2v) is 8.03. The first-order chi connectivity index (χ1) is 11.2. The standard InChI is InChI=1S/C17H19Cl2NO3S/c1-4-12-5-7-13(8-6-12)24(21,22)20-16-10-17(23-11(2)3)15(19)9-14(16)18/h5-11,20H,4H2,1-3H3. The third-order valence-electron chi connectivity index (χ3n) is 3.27. The molecule has 0 aliphatic heterocycles. The Labute approximate surface area is 152 Å². The molecule has 0 bridgehead atoms. The molecule has 1 N–H and O–H groups in total. The quantitative estimate of drug-likeness (QED) is 0.745. The van der Waals surface area contributed by atoms with Crippen molar-refractivity contribution in [3.8, 4) is 5.75 Å². The zero-order chi connectivity index (χ0) is 17.9. The number of rotatable bonds is 6. The Morgan fingerprint density at radius 1 is 1.08 bits per heavy atom. The maximum Gasteiger partial charge on any atom is 0.261 e. The van der Waals surface area contributed by atoms with Gasteiger partial charge in [-0.1, -0.05) is 42.3 Å². The van der Waals surface area contributed by atoms with Gasteiger partial charge in [0.1, 0.15) is 5.75 Å². The number of anilines is 1. The molecular formula is C17H19Cl2NO3S. The third-order valence-corrected chi connectivity index (χ3v) is 5.26. The first-order valence-corrected chi connectivity index (χ1v) is 9.74. The number of nitrogens with one attached hydrogen (secondary N) is 1. The van der Waals surface area contributed by atoms with E-state index in [0.29, 0.717) is 10.8 Å². The van der Waals surface area contributed by atoms with Crippen LogP contribution in [0.4, 0.5) is 5.69 Å². The van der Waals surface area contributed by atoms with Gasteiger partial charge in [-0.3, -0.25) is 4.72 Å². The van der Waals surface area contributed by atoms with Crippen LogP contribution < -0.4 is 9.46 Å². The summed E-state index contributed by atoms with van der Waals surface area (Å²) in [7, 11) is -3.75. The van der Waals surface area contributed by atoms with E-state index in [1.165, 1.54) is 12.1 Å². The lowest BCUT2D eigenvalue weighted by Gasteiger charge is -2.15. The van der Waals surface area contributed by atoms with Crippen molar-refractivity contribution in [2.45, 2.75) is 38.2 Å². The Morgan fingerprint density at radius 3 is 2.25 bits per heavy atom. The van der Waals surface area contributed by atoms with E-state index in [9.17, 15) is 8.42 Å². The van der Waals surface area contributed by atoms with Crippen molar-refractivity contribution in [2.24, 2.45) is 0 Å². The van der Waals surface area contributed by atoms with E-state index in [1.807, 2.05) is 20.8 Å². The van der Waals surface area contributed by atoms with E-state index in [-0.39, 0.29) is 21.7 Å². The molecule has 0 amide bonds. The van der Waals surface area contributed by atoms with Gasteiger partial charge in [0.2, 0.25) is 0 Å². The Kier molecular flexibility index (Phi) is 6.01. The second-order valence-electron chi connectivity index (χ2n) is 5.53. The molecule has 130 valence electrons. The minimum absolute atomic E-state index is 0.102. The number of halogens is 2. The van der Waals surface area contributed by atoms with Crippen LogP contribution in [-0.4, -0.2) is 14.5 Å². The van der Waals surface area contributed by atoms with Crippen LogP contribution in [0.2, 0.25) is 10.0 Å². The maximum absolute atomic E-state index is 12.5. The smallest absolute Gasteiger partial charge is 0.261 e. The highest BCUT2D eigenvalue weighted by Crippen LogP contribution is 2.35. The van der Waals surface area contributed by atoms with Gasteiger partial charge in [0.25, 0.3) is 10.0 Å². The molecule has 0 saturated heterocycles. The van der Waals surface area contributed by atoms with Crippen LogP contribution in [-0.2, 0) is 16.4 Å². The van der Waals surface area contributed by atoms with Crippen molar-refractivity contribution >= 4 is 38.9 Å². The summed E-state index contributed by atoms with van der Waals surface area (Å²) in [6, 6.07) is 9.64. The molecule has 2 rings (SSSR count). The van der Waals surface area contributed by atoms with Gasteiger partial charge in [0.15, 0.2) is 0 Å². The molecule has 0 aliphatic rings. The van der Waals surface area contributed by atoms with Crippen LogP contribution in [0.5, 0.6) is 5.75 Å². The molecule has 0 aliphatic carbocycles. The summed E-state index contributed by atoms with van der Waals surface area (Å²) in [6.45, 7) is 5.71. The minimum Gasteiger partial charge on any atom is -0.489 e. The van der Waals surface area contributed by atoms with Gasteiger partial charge in [-0.2, -0.15) is 0 Å². The first kappa shape index (κ1) is 18.9. The van der Waals surface area contributed by atoms with Gasteiger partial charge in [-0.25, -0.2) is 8.42 Å². The number of hydrogen-bond acceptors (Lipinski definition) is 3. The Bertz CT molecular complexity index is 818. The van der Waals surface area contributed by atoms with Gasteiger partial charge in [-0.05, 0) is 44.0 Å². The van der Waals surface area contributed by atoms with E-state index in [0.717, 1.165) is 12.0 Å². The molecule has 0 unspecified atom stereocenters. The van der Waals surface area contributed by atoms with Crippen molar-refractivity contribution in [2.75, 3.05) is 4.72 Å². The maximum atomic E-state index is 12.5. The van der Waals surface area contributed by atoms with Crippen LogP contribution in [0.3, 0.4) is 0 Å². The summed E-state index contributed by atoms with van der Waals surface area (Å²) in [5, 5.41) is 0.522. The number of benzene rings is 2. The van der Waals surface area contributed by atoms with Gasteiger partial charge >= 0.3 is 0 Å². The van der Waals surface area contributed by atoms with Crippen molar-refractivity contribution < 1.29 is 13.2 Å². The van der Waals surface area contributed by atoms with E-state index >= 15 is 0 Å². The van der Waals surface area contributed by atoms with E-state index in [1.54, 1.807) is 24.3 Å². The summed E-state index contributed by atoms with van der Waals surface area (Å²) in [5.41, 5.74) is 1.28. The van der Waals surface area contributed by atoms with E-state index < -0.39 is 10.0 Å². The molecule has 0 spiro atoms. The Balaban J connectivity index is 2.34. The van der Waals surface area contributed by atoms with Gasteiger partial charge in [-0.15, -0.1) is 0 Å². The van der Waals surface area contributed by atoms with Crippen LogP contribution in [0.1, 0.15) is 26.3 Å². The summed E-state index contributed by atoms with van der Waals surface area (Å²) in [4.78, 5) is 0.164. The van der Waals surface area contributed by atoms with Gasteiger partial charge in [0, 0.05) is 6.07 Å². The molecule has 24 heavy (non-hydrogen) atoms. The number of ether oxygens (including phenoxy) is 1. The van der Waals surface area contributed by atoms with Crippen LogP contribution >= 0.6 is 23.2 Å². The normalized spacial score (nSPS) is 11.6. The average Bonchev–Trinajstić information content (AvgIpc) is 2.51. The monoisotopic (exact) mass is 387 g/mol. The van der Waals surface area contributed by atoms with Crippen LogP contribution in [0.15, 0.2) is 41.3 Å². The number of hydrogen-bond donors (Lipinski definition) is 1. The second kappa shape index (κ2) is 7.64. The fourth-order valence-corrected chi connectivity index (χ4v) is 3.66. The lowest BCUT2D eigenvalue weighted by atomic mass is 10.2. The van der Waals surface area contributed by atoms with Crippen molar-refractivity contribution in [3.63, 3.8) is 0 Å². The van der Waals surface area contributed by atoms with Crippen LogP contribution in [0, 0.1) is 0 Å². The fraction of sp³-hybridized carbons (Fsp3) is 0.294. The van der Waals surface area contributed by atoms with Crippen molar-refractivity contribution in [1.29, 1.82) is 0 Å². The predicted molar refractivity (Wildman–Crippen MR) is 98.9 cm³/mol. The van der Waals surface area contributed by atoms with Gasteiger partial charge < -0.3 is 4.74 Å². The average molecular weight is 388 g/mol. The topological polar surface area (TPSA) is 55.4 Å². The molecule has 2 aromatic carbocycles. The highest BCUT2D eigenvalue weighted by Gasteiger charge is 2.18. The summed E-state index contributed by atoms with van der Waals surface area (Å²) >= 11 is 12.2. The molecule has 0 fully saturated rings. The summed E-state index contributed by atoms with van der Waals surface area (Å²) in [5.74, 6) is 0.370.